The number of nitrogens with zero attached hydrogens (tertiary/aromatic N) is 3. The van der Waals surface area contributed by atoms with E-state index < -0.39 is 44.8 Å². The number of halogens is 1. The molecule has 0 saturated carbocycles. The van der Waals surface area contributed by atoms with Crippen LogP contribution in [0, 0.1) is 36.2 Å². The van der Waals surface area contributed by atoms with Crippen molar-refractivity contribution >= 4 is 66.8 Å². The Morgan fingerprint density at radius 2 is 0.783 bits per heavy atom. The average molecular weight is 921 g/mol. The van der Waals surface area contributed by atoms with E-state index in [4.69, 9.17) is 18.4 Å². The third kappa shape index (κ3) is 22.3. The van der Waals surface area contributed by atoms with Crippen LogP contribution in [-0.4, -0.2) is 50.6 Å². The molecule has 0 bridgehead atoms. The Kier molecular flexibility index (Phi) is 23.6. The summed E-state index contributed by atoms with van der Waals surface area (Å²) in [4.78, 5) is 30.8. The maximum Gasteiger partial charge on any atom is 1.00 e. The summed E-state index contributed by atoms with van der Waals surface area (Å²) in [5.74, 6) is -0.467. The summed E-state index contributed by atoms with van der Waals surface area (Å²) in [6.07, 6.45) is 0. The number of nitro groups is 3. The van der Waals surface area contributed by atoms with Crippen molar-refractivity contribution in [1.29, 1.82) is 0 Å². The standard InChI is InChI=1S/C10H13NO4S.C10H15NO2S.C10H13NO2S.C6H4FNO2.C4H10S.Na/c1-10(2,3)16(14,15)9-6-4-8(5-7-9)11(12)13;1-10(2,3)14(12,13)9-6-4-8(11)5-7-9;1-10(2,3)14-9-6-4-8(5-7-9)11(12)13;7-5-1-3-6(4-2-5)8(9)10;1-4(2,3)5;/h4-7H,1-3H3;4-7H,11H2,1-3H3;4-7H,1-3H3;1-4H;5H,1-3H3;/q;;;;;+1/p-1. The minimum atomic E-state index is -3.44. The zero-order valence-electron chi connectivity index (χ0n) is 36.3. The quantitative estimate of drug-likeness (QED) is 0.0493. The van der Waals surface area contributed by atoms with Crippen LogP contribution >= 0.6 is 11.8 Å². The van der Waals surface area contributed by atoms with Gasteiger partial charge >= 0.3 is 29.6 Å². The minimum absolute atomic E-state index is 0. The van der Waals surface area contributed by atoms with Crippen molar-refractivity contribution in [3.63, 3.8) is 0 Å². The Labute approximate surface area is 385 Å². The molecule has 0 radical (unpaired) electrons. The molecule has 14 nitrogen and oxygen atoms in total. The predicted molar refractivity (Wildman–Crippen MR) is 237 cm³/mol. The van der Waals surface area contributed by atoms with Crippen LogP contribution in [0.15, 0.2) is 112 Å². The van der Waals surface area contributed by atoms with E-state index in [0.29, 0.717) is 10.6 Å². The number of nitro benzene ring substituents is 3. The molecule has 0 saturated heterocycles. The van der Waals surface area contributed by atoms with E-state index in [0.717, 1.165) is 29.2 Å². The van der Waals surface area contributed by atoms with E-state index in [9.17, 15) is 51.6 Å². The number of benzene rings is 4. The predicted octanol–water partition coefficient (Wildman–Crippen LogP) is 7.56. The summed E-state index contributed by atoms with van der Waals surface area (Å²) in [7, 11) is -6.69. The molecule has 60 heavy (non-hydrogen) atoms. The number of rotatable bonds is 6. The van der Waals surface area contributed by atoms with Gasteiger partial charge in [-0.15, -0.1) is 11.8 Å². The van der Waals surface area contributed by atoms with Gasteiger partial charge in [-0.3, -0.25) is 30.3 Å². The van der Waals surface area contributed by atoms with Crippen LogP contribution in [0.3, 0.4) is 0 Å². The number of thioether (sulfide) groups is 1. The first kappa shape index (κ1) is 58.5. The van der Waals surface area contributed by atoms with Gasteiger partial charge in [-0.1, -0.05) is 41.5 Å². The van der Waals surface area contributed by atoms with Gasteiger partial charge in [-0.2, -0.15) is 4.75 Å². The van der Waals surface area contributed by atoms with Gasteiger partial charge in [0.05, 0.1) is 34.1 Å². The number of non-ortho nitro benzene ring substituents is 3. The van der Waals surface area contributed by atoms with Gasteiger partial charge in [0, 0.05) is 51.7 Å². The van der Waals surface area contributed by atoms with Crippen LogP contribution in [0.1, 0.15) is 83.1 Å². The molecule has 20 heteroatoms. The summed E-state index contributed by atoms with van der Waals surface area (Å²) in [6, 6.07) is 22.2. The molecule has 0 spiro atoms. The van der Waals surface area contributed by atoms with Crippen molar-refractivity contribution in [2.24, 2.45) is 0 Å². The Bertz CT molecular complexity index is 2190. The fraction of sp³-hybridized carbons (Fsp3) is 0.400. The second kappa shape index (κ2) is 24.2. The molecule has 4 aromatic rings. The summed E-state index contributed by atoms with van der Waals surface area (Å²) in [5, 5.41) is 30.8. The van der Waals surface area contributed by atoms with Gasteiger partial charge in [0.1, 0.15) is 5.82 Å². The molecule has 0 amide bonds. The number of hydrogen-bond donors (Lipinski definition) is 1. The number of nitrogens with two attached hydrogens (primary N) is 1. The number of sulfone groups is 2. The fourth-order valence-corrected chi connectivity index (χ4v) is 7.04. The summed E-state index contributed by atoms with van der Waals surface area (Å²) in [6.45, 7) is 22.1. The van der Waals surface area contributed by atoms with E-state index in [2.05, 4.69) is 20.8 Å². The van der Waals surface area contributed by atoms with E-state index in [1.807, 2.05) is 20.8 Å². The smallest absolute Gasteiger partial charge is 0.787 e. The molecule has 326 valence electrons. The van der Waals surface area contributed by atoms with Crippen molar-refractivity contribution in [1.82, 2.24) is 0 Å². The van der Waals surface area contributed by atoms with E-state index >= 15 is 0 Å². The first-order valence-electron chi connectivity index (χ1n) is 17.6. The Morgan fingerprint density at radius 3 is 1.03 bits per heavy atom. The second-order valence-electron chi connectivity index (χ2n) is 16.4. The van der Waals surface area contributed by atoms with Gasteiger partial charge in [0.2, 0.25) is 0 Å². The van der Waals surface area contributed by atoms with Gasteiger partial charge < -0.3 is 18.4 Å². The average Bonchev–Trinajstić information content (AvgIpc) is 3.07. The number of nitrogen functional groups attached to an aromatic ring is 1. The summed E-state index contributed by atoms with van der Waals surface area (Å²) < 4.78 is 58.4. The fourth-order valence-electron chi connectivity index (χ4n) is 3.65. The molecule has 0 aliphatic heterocycles. The van der Waals surface area contributed by atoms with E-state index in [-0.39, 0.29) is 65.9 Å². The molecule has 0 heterocycles. The van der Waals surface area contributed by atoms with Crippen LogP contribution in [0.2, 0.25) is 0 Å². The first-order valence-corrected chi connectivity index (χ1v) is 21.8. The maximum atomic E-state index is 12.1. The van der Waals surface area contributed by atoms with Crippen molar-refractivity contribution in [3.8, 4) is 0 Å². The molecule has 0 aromatic heterocycles. The van der Waals surface area contributed by atoms with Crippen molar-refractivity contribution in [3.05, 3.63) is 133 Å². The van der Waals surface area contributed by atoms with Gasteiger partial charge in [-0.25, -0.2) is 21.2 Å². The van der Waals surface area contributed by atoms with Crippen LogP contribution in [0.5, 0.6) is 0 Å². The van der Waals surface area contributed by atoms with Crippen molar-refractivity contribution < 1.29 is 65.6 Å². The SMILES string of the molecule is CC(C)(C)S(=O)(=O)c1ccc(N)cc1.CC(C)(C)S(=O)(=O)c1ccc([N+](=O)[O-])cc1.CC(C)(C)Sc1ccc([N+](=O)[O-])cc1.CC(C)(C)[S-].O=[N+]([O-])c1ccc(F)cc1.[Na+]. The molecule has 0 unspecified atom stereocenters. The Balaban J connectivity index is 0. The van der Waals surface area contributed by atoms with Crippen molar-refractivity contribution in [2.75, 3.05) is 5.73 Å². The molecule has 0 aliphatic carbocycles. The van der Waals surface area contributed by atoms with Gasteiger partial charge in [-0.05, 0) is 102 Å². The van der Waals surface area contributed by atoms with Crippen LogP contribution in [0.4, 0.5) is 27.1 Å². The molecule has 0 fully saturated rings. The van der Waals surface area contributed by atoms with Gasteiger partial charge in [0.25, 0.3) is 17.1 Å². The van der Waals surface area contributed by atoms with Crippen LogP contribution in [-0.2, 0) is 32.3 Å². The second-order valence-corrected chi connectivity index (χ2v) is 24.9. The first-order chi connectivity index (χ1) is 26.5. The summed E-state index contributed by atoms with van der Waals surface area (Å²) >= 11 is 6.52. The van der Waals surface area contributed by atoms with Crippen LogP contribution in [0.25, 0.3) is 0 Å². The minimum Gasteiger partial charge on any atom is -0.787 e. The molecule has 2 N–H and O–H groups in total. The third-order valence-electron chi connectivity index (χ3n) is 6.67. The van der Waals surface area contributed by atoms with E-state index in [1.165, 1.54) is 48.5 Å². The largest absolute Gasteiger partial charge is 1.00 e. The Morgan fingerprint density at radius 1 is 0.533 bits per heavy atom. The van der Waals surface area contributed by atoms with Gasteiger partial charge in [0.15, 0.2) is 19.7 Å². The topological polar surface area (TPSA) is 224 Å². The molecule has 4 aromatic carbocycles. The molecule has 4 rings (SSSR count). The molecule has 0 atom stereocenters. The number of anilines is 1. The third-order valence-corrected chi connectivity index (χ3v) is 12.8. The molecular weight excluding hydrogens is 867 g/mol. The zero-order chi connectivity index (χ0) is 46.4. The van der Waals surface area contributed by atoms with Crippen molar-refractivity contribution in [2.45, 2.75) is 117 Å². The molecular formula is C40H54FN4NaO10S4. The van der Waals surface area contributed by atoms with E-state index in [1.54, 1.807) is 77.6 Å². The normalized spacial score (nSPS) is 11.5. The summed E-state index contributed by atoms with van der Waals surface area (Å²) in [5.41, 5.74) is 5.98. The Hall–Kier alpha value is -3.59. The number of hydrogen-bond acceptors (Lipinski definition) is 13. The maximum absolute atomic E-state index is 12.1. The monoisotopic (exact) mass is 920 g/mol. The zero-order valence-corrected chi connectivity index (χ0v) is 41.5. The molecule has 0 aliphatic rings. The van der Waals surface area contributed by atoms with Crippen LogP contribution < -0.4 is 35.3 Å².